The van der Waals surface area contributed by atoms with Gasteiger partial charge in [0.15, 0.2) is 0 Å². The molecule has 0 amide bonds. The maximum atomic E-state index is 11.7. The van der Waals surface area contributed by atoms with Crippen LogP contribution in [0.3, 0.4) is 0 Å². The first kappa shape index (κ1) is 16.4. The number of hydrogen-bond acceptors (Lipinski definition) is 3. The third-order valence-electron chi connectivity index (χ3n) is 3.72. The van der Waals surface area contributed by atoms with Gasteiger partial charge in [0.2, 0.25) is 0 Å². The molecule has 0 aromatic carbocycles. The second-order valence-corrected chi connectivity index (χ2v) is 6.26. The number of rotatable bonds is 10. The number of ether oxygens (including phenoxy) is 1. The molecule has 2 N–H and O–H groups in total. The van der Waals surface area contributed by atoms with E-state index in [-0.39, 0.29) is 18.6 Å². The van der Waals surface area contributed by atoms with Crippen LogP contribution in [-0.2, 0) is 9.53 Å². The number of carboxylic acid groups (broad SMARTS) is 1. The molecular formula is C15H29NO3. The van der Waals surface area contributed by atoms with Crippen LogP contribution >= 0.6 is 0 Å². The van der Waals surface area contributed by atoms with Crippen molar-refractivity contribution in [2.24, 2.45) is 11.8 Å². The highest BCUT2D eigenvalue weighted by Crippen LogP contribution is 2.40. The van der Waals surface area contributed by atoms with Crippen LogP contribution in [0.5, 0.6) is 0 Å². The largest absolute Gasteiger partial charge is 0.480 e. The number of carboxylic acids is 1. The van der Waals surface area contributed by atoms with E-state index in [4.69, 9.17) is 4.74 Å². The maximum Gasteiger partial charge on any atom is 0.326 e. The Balaban J connectivity index is 2.56. The van der Waals surface area contributed by atoms with E-state index in [1.165, 1.54) is 0 Å². The third kappa shape index (κ3) is 4.77. The zero-order valence-corrected chi connectivity index (χ0v) is 12.7. The highest BCUT2D eigenvalue weighted by molar-refractivity contribution is 5.80. The zero-order valence-electron chi connectivity index (χ0n) is 12.7. The summed E-state index contributed by atoms with van der Waals surface area (Å²) >= 11 is 0. The van der Waals surface area contributed by atoms with Gasteiger partial charge in [-0.15, -0.1) is 0 Å². The van der Waals surface area contributed by atoms with Gasteiger partial charge in [-0.05, 0) is 44.9 Å². The van der Waals surface area contributed by atoms with Crippen molar-refractivity contribution in [1.29, 1.82) is 0 Å². The maximum absolute atomic E-state index is 11.7. The van der Waals surface area contributed by atoms with Gasteiger partial charge in [0.05, 0.1) is 6.61 Å². The van der Waals surface area contributed by atoms with Crippen LogP contribution in [0.2, 0.25) is 0 Å². The molecule has 4 heteroatoms. The summed E-state index contributed by atoms with van der Waals surface area (Å²) in [4.78, 5) is 11.7. The Morgan fingerprint density at radius 1 is 1.42 bits per heavy atom. The van der Waals surface area contributed by atoms with E-state index < -0.39 is 11.5 Å². The van der Waals surface area contributed by atoms with Gasteiger partial charge in [0.1, 0.15) is 5.54 Å². The molecule has 0 aliphatic heterocycles. The van der Waals surface area contributed by atoms with Crippen LogP contribution in [-0.4, -0.2) is 35.9 Å². The van der Waals surface area contributed by atoms with Crippen LogP contribution < -0.4 is 5.32 Å². The summed E-state index contributed by atoms with van der Waals surface area (Å²) in [5.41, 5.74) is -0.889. The summed E-state index contributed by atoms with van der Waals surface area (Å²) in [6.45, 7) is 9.20. The van der Waals surface area contributed by atoms with Crippen molar-refractivity contribution in [3.05, 3.63) is 0 Å². The first-order chi connectivity index (χ1) is 8.92. The zero-order chi connectivity index (χ0) is 14.5. The van der Waals surface area contributed by atoms with Crippen molar-refractivity contribution >= 4 is 5.97 Å². The summed E-state index contributed by atoms with van der Waals surface area (Å²) in [7, 11) is 0. The molecule has 2 atom stereocenters. The Kier molecular flexibility index (Phi) is 6.27. The van der Waals surface area contributed by atoms with Crippen molar-refractivity contribution in [1.82, 2.24) is 5.32 Å². The minimum absolute atomic E-state index is 0.147. The van der Waals surface area contributed by atoms with Crippen molar-refractivity contribution in [3.8, 4) is 0 Å². The van der Waals surface area contributed by atoms with Crippen molar-refractivity contribution in [2.45, 2.75) is 65.0 Å². The Morgan fingerprint density at radius 3 is 2.47 bits per heavy atom. The SMILES string of the molecule is CCCC(C)COCC(NC(C)C)(C(=O)O)C1CC1. The highest BCUT2D eigenvalue weighted by atomic mass is 16.5. The van der Waals surface area contributed by atoms with Gasteiger partial charge in [0, 0.05) is 12.6 Å². The summed E-state index contributed by atoms with van der Waals surface area (Å²) in [6.07, 6.45) is 4.24. The van der Waals surface area contributed by atoms with Crippen LogP contribution in [0.4, 0.5) is 0 Å². The number of carbonyl (C=O) groups is 1. The fourth-order valence-electron chi connectivity index (χ4n) is 2.66. The molecule has 0 heterocycles. The summed E-state index contributed by atoms with van der Waals surface area (Å²) in [6, 6.07) is 0.147. The topological polar surface area (TPSA) is 58.6 Å². The molecule has 0 aromatic heterocycles. The molecule has 0 aromatic rings. The fraction of sp³-hybridized carbons (Fsp3) is 0.933. The van der Waals surface area contributed by atoms with E-state index in [1.807, 2.05) is 13.8 Å². The van der Waals surface area contributed by atoms with E-state index >= 15 is 0 Å². The van der Waals surface area contributed by atoms with Crippen molar-refractivity contribution < 1.29 is 14.6 Å². The lowest BCUT2D eigenvalue weighted by molar-refractivity contribution is -0.150. The van der Waals surface area contributed by atoms with E-state index in [9.17, 15) is 9.90 Å². The number of hydrogen-bond donors (Lipinski definition) is 2. The molecule has 19 heavy (non-hydrogen) atoms. The van der Waals surface area contributed by atoms with Crippen LogP contribution in [0, 0.1) is 11.8 Å². The van der Waals surface area contributed by atoms with Crippen LogP contribution in [0.25, 0.3) is 0 Å². The normalized spacial score (nSPS) is 20.3. The molecule has 0 spiro atoms. The molecule has 1 saturated carbocycles. The highest BCUT2D eigenvalue weighted by Gasteiger charge is 2.51. The van der Waals surface area contributed by atoms with Crippen molar-refractivity contribution in [3.63, 3.8) is 0 Å². The Morgan fingerprint density at radius 2 is 2.05 bits per heavy atom. The molecule has 4 nitrogen and oxygen atoms in total. The summed E-state index contributed by atoms with van der Waals surface area (Å²) in [5, 5.41) is 12.8. The summed E-state index contributed by atoms with van der Waals surface area (Å²) < 4.78 is 5.73. The standard InChI is InChI=1S/C15H29NO3/c1-5-6-12(4)9-19-10-15(14(17)18,13-7-8-13)16-11(2)3/h11-13,16H,5-10H2,1-4H3,(H,17,18). The van der Waals surface area contributed by atoms with Gasteiger partial charge in [-0.3, -0.25) is 10.1 Å². The molecule has 0 saturated heterocycles. The molecule has 112 valence electrons. The second-order valence-electron chi connectivity index (χ2n) is 6.26. The molecular weight excluding hydrogens is 242 g/mol. The number of nitrogens with one attached hydrogen (secondary N) is 1. The Bertz CT molecular complexity index is 289. The molecule has 1 rings (SSSR count). The van der Waals surface area contributed by atoms with Crippen molar-refractivity contribution in [2.75, 3.05) is 13.2 Å². The summed E-state index contributed by atoms with van der Waals surface area (Å²) in [5.74, 6) is -0.0597. The third-order valence-corrected chi connectivity index (χ3v) is 3.72. The number of aliphatic carboxylic acids is 1. The van der Waals surface area contributed by atoms with Gasteiger partial charge in [-0.25, -0.2) is 0 Å². The fourth-order valence-corrected chi connectivity index (χ4v) is 2.66. The Hall–Kier alpha value is -0.610. The average molecular weight is 271 g/mol. The molecule has 2 unspecified atom stereocenters. The lowest BCUT2D eigenvalue weighted by Gasteiger charge is -2.33. The van der Waals surface area contributed by atoms with E-state index in [0.717, 1.165) is 25.7 Å². The van der Waals surface area contributed by atoms with Gasteiger partial charge < -0.3 is 9.84 Å². The molecule has 1 fully saturated rings. The lowest BCUT2D eigenvalue weighted by atomic mass is 9.93. The lowest BCUT2D eigenvalue weighted by Crippen LogP contribution is -2.59. The molecule has 0 bridgehead atoms. The molecule has 0 radical (unpaired) electrons. The van der Waals surface area contributed by atoms with E-state index in [0.29, 0.717) is 12.5 Å². The second kappa shape index (κ2) is 7.25. The van der Waals surface area contributed by atoms with Crippen LogP contribution in [0.1, 0.15) is 53.4 Å². The quantitative estimate of drug-likeness (QED) is 0.641. The van der Waals surface area contributed by atoms with Gasteiger partial charge in [-0.2, -0.15) is 0 Å². The predicted octanol–water partition coefficient (Wildman–Crippen LogP) is 2.67. The first-order valence-electron chi connectivity index (χ1n) is 7.51. The molecule has 1 aliphatic carbocycles. The van der Waals surface area contributed by atoms with Gasteiger partial charge in [0.25, 0.3) is 0 Å². The molecule has 1 aliphatic rings. The average Bonchev–Trinajstić information content (AvgIpc) is 3.11. The van der Waals surface area contributed by atoms with Gasteiger partial charge >= 0.3 is 5.97 Å². The smallest absolute Gasteiger partial charge is 0.326 e. The minimum Gasteiger partial charge on any atom is -0.480 e. The first-order valence-corrected chi connectivity index (χ1v) is 7.51. The minimum atomic E-state index is -0.889. The Labute approximate surface area is 116 Å². The van der Waals surface area contributed by atoms with Gasteiger partial charge in [-0.1, -0.05) is 20.3 Å². The predicted molar refractivity (Wildman–Crippen MR) is 76.3 cm³/mol. The van der Waals surface area contributed by atoms with E-state index in [1.54, 1.807) is 0 Å². The van der Waals surface area contributed by atoms with E-state index in [2.05, 4.69) is 19.2 Å². The monoisotopic (exact) mass is 271 g/mol. The van der Waals surface area contributed by atoms with Crippen LogP contribution in [0.15, 0.2) is 0 Å².